The van der Waals surface area contributed by atoms with Gasteiger partial charge in [-0.1, -0.05) is 29.3 Å². The van der Waals surface area contributed by atoms with Crippen LogP contribution in [0.3, 0.4) is 0 Å². The predicted molar refractivity (Wildman–Crippen MR) is 68.7 cm³/mol. The highest BCUT2D eigenvalue weighted by Gasteiger charge is 2.20. The molecule has 2 nitrogen and oxygen atoms in total. The highest BCUT2D eigenvalue weighted by atomic mass is 79.9. The number of halogens is 1. The lowest BCUT2D eigenvalue weighted by molar-refractivity contribution is 0.0389. The van der Waals surface area contributed by atoms with Gasteiger partial charge in [-0.25, -0.2) is 0 Å². The summed E-state index contributed by atoms with van der Waals surface area (Å²) in [6.07, 6.45) is 5.03. The van der Waals surface area contributed by atoms with E-state index in [2.05, 4.69) is 34.8 Å². The minimum absolute atomic E-state index is 0.747. The zero-order chi connectivity index (χ0) is 11.1. The fourth-order valence-electron chi connectivity index (χ4n) is 2.31. The van der Waals surface area contributed by atoms with Gasteiger partial charge in [0.1, 0.15) is 0 Å². The summed E-state index contributed by atoms with van der Waals surface area (Å²) in [6.45, 7) is 5.39. The zero-order valence-corrected chi connectivity index (χ0v) is 11.6. The number of rotatable bonds is 6. The van der Waals surface area contributed by atoms with E-state index < -0.39 is 0 Å². The normalized spacial score (nSPS) is 20.8. The molecule has 0 aromatic heterocycles. The average Bonchev–Trinajstić information content (AvgIpc) is 2.29. The van der Waals surface area contributed by atoms with Crippen molar-refractivity contribution < 1.29 is 4.74 Å². The second-order valence-corrected chi connectivity index (χ2v) is 5.24. The van der Waals surface area contributed by atoms with E-state index in [4.69, 9.17) is 4.74 Å². The van der Waals surface area contributed by atoms with Crippen molar-refractivity contribution >= 4 is 15.9 Å². The van der Waals surface area contributed by atoms with E-state index in [9.17, 15) is 0 Å². The fourth-order valence-corrected chi connectivity index (χ4v) is 2.84. The largest absolute Gasteiger partial charge is 0.381 e. The molecule has 1 saturated heterocycles. The van der Waals surface area contributed by atoms with Gasteiger partial charge in [0, 0.05) is 31.1 Å². The van der Waals surface area contributed by atoms with Crippen molar-refractivity contribution in [2.24, 2.45) is 5.92 Å². The monoisotopic (exact) mass is 277 g/mol. The molecule has 0 aromatic carbocycles. The van der Waals surface area contributed by atoms with Crippen molar-refractivity contribution in [3.8, 4) is 0 Å². The Hall–Kier alpha value is 0.400. The van der Waals surface area contributed by atoms with Crippen LogP contribution in [-0.2, 0) is 4.74 Å². The van der Waals surface area contributed by atoms with Crippen molar-refractivity contribution in [2.75, 3.05) is 32.1 Å². The number of hydrogen-bond donors (Lipinski definition) is 0. The SMILES string of the molecule is CCCC(CBr)CN(C)C1CCOCC1. The highest BCUT2D eigenvalue weighted by molar-refractivity contribution is 9.09. The van der Waals surface area contributed by atoms with Crippen LogP contribution in [0.1, 0.15) is 32.6 Å². The van der Waals surface area contributed by atoms with Crippen LogP contribution in [0.15, 0.2) is 0 Å². The summed E-state index contributed by atoms with van der Waals surface area (Å²) in [5, 5.41) is 1.13. The topological polar surface area (TPSA) is 12.5 Å². The third kappa shape index (κ3) is 4.83. The summed E-state index contributed by atoms with van der Waals surface area (Å²) in [4.78, 5) is 2.53. The summed E-state index contributed by atoms with van der Waals surface area (Å²) in [5.74, 6) is 0.808. The lowest BCUT2D eigenvalue weighted by atomic mass is 10.0. The fraction of sp³-hybridized carbons (Fsp3) is 1.00. The molecule has 15 heavy (non-hydrogen) atoms. The lowest BCUT2D eigenvalue weighted by Crippen LogP contribution is -2.39. The van der Waals surface area contributed by atoms with Crippen LogP contribution >= 0.6 is 15.9 Å². The molecule has 0 aliphatic carbocycles. The van der Waals surface area contributed by atoms with Gasteiger partial charge in [-0.3, -0.25) is 0 Å². The minimum atomic E-state index is 0.747. The highest BCUT2D eigenvalue weighted by Crippen LogP contribution is 2.17. The Kier molecular flexibility index (Phi) is 6.86. The van der Waals surface area contributed by atoms with Crippen molar-refractivity contribution in [1.82, 2.24) is 4.90 Å². The summed E-state index contributed by atoms with van der Waals surface area (Å²) in [5.41, 5.74) is 0. The van der Waals surface area contributed by atoms with E-state index in [1.807, 2.05) is 0 Å². The van der Waals surface area contributed by atoms with Crippen LogP contribution < -0.4 is 0 Å². The molecule has 3 heteroatoms. The molecule has 90 valence electrons. The van der Waals surface area contributed by atoms with Gasteiger partial charge in [0.05, 0.1) is 0 Å². The maximum Gasteiger partial charge on any atom is 0.0480 e. The third-order valence-corrected chi connectivity index (χ3v) is 4.19. The second-order valence-electron chi connectivity index (χ2n) is 4.59. The Morgan fingerprint density at radius 2 is 2.07 bits per heavy atom. The van der Waals surface area contributed by atoms with Crippen LogP contribution in [-0.4, -0.2) is 43.1 Å². The maximum atomic E-state index is 5.39. The Balaban J connectivity index is 2.28. The Morgan fingerprint density at radius 1 is 1.40 bits per heavy atom. The number of nitrogens with zero attached hydrogens (tertiary/aromatic N) is 1. The molecule has 1 unspecified atom stereocenters. The van der Waals surface area contributed by atoms with Gasteiger partial charge in [0.15, 0.2) is 0 Å². The molecular formula is C12H24BrNO. The second kappa shape index (κ2) is 7.64. The standard InChI is InChI=1S/C12H24BrNO/c1-3-4-11(9-13)10-14(2)12-5-7-15-8-6-12/h11-12H,3-10H2,1-2H3. The number of alkyl halides is 1. The van der Waals surface area contributed by atoms with Crippen LogP contribution in [0.2, 0.25) is 0 Å². The van der Waals surface area contributed by atoms with E-state index in [1.54, 1.807) is 0 Å². The molecule has 1 rings (SSSR count). The van der Waals surface area contributed by atoms with Gasteiger partial charge >= 0.3 is 0 Å². The van der Waals surface area contributed by atoms with Gasteiger partial charge in [-0.05, 0) is 32.2 Å². The van der Waals surface area contributed by atoms with E-state index in [1.165, 1.54) is 32.2 Å². The van der Waals surface area contributed by atoms with Crippen molar-refractivity contribution in [3.05, 3.63) is 0 Å². The summed E-state index contributed by atoms with van der Waals surface area (Å²) >= 11 is 3.62. The van der Waals surface area contributed by atoms with Crippen LogP contribution in [0, 0.1) is 5.92 Å². The zero-order valence-electron chi connectivity index (χ0n) is 10.0. The van der Waals surface area contributed by atoms with Gasteiger partial charge < -0.3 is 9.64 Å². The Morgan fingerprint density at radius 3 is 2.60 bits per heavy atom. The molecule has 0 aromatic rings. The Bertz CT molecular complexity index is 160. The Labute approximate surface area is 102 Å². The van der Waals surface area contributed by atoms with E-state index in [0.29, 0.717) is 0 Å². The van der Waals surface area contributed by atoms with E-state index >= 15 is 0 Å². The van der Waals surface area contributed by atoms with E-state index in [0.717, 1.165) is 30.5 Å². The van der Waals surface area contributed by atoms with Gasteiger partial charge in [-0.15, -0.1) is 0 Å². The third-order valence-electron chi connectivity index (χ3n) is 3.28. The van der Waals surface area contributed by atoms with Gasteiger partial charge in [0.25, 0.3) is 0 Å². The first-order chi connectivity index (χ1) is 7.27. The summed E-state index contributed by atoms with van der Waals surface area (Å²) in [6, 6.07) is 0.747. The average molecular weight is 278 g/mol. The molecule has 1 fully saturated rings. The molecule has 1 aliphatic heterocycles. The van der Waals surface area contributed by atoms with Crippen LogP contribution in [0.5, 0.6) is 0 Å². The molecule has 0 spiro atoms. The van der Waals surface area contributed by atoms with Crippen molar-refractivity contribution in [1.29, 1.82) is 0 Å². The van der Waals surface area contributed by atoms with Gasteiger partial charge in [-0.2, -0.15) is 0 Å². The van der Waals surface area contributed by atoms with Crippen molar-refractivity contribution in [3.63, 3.8) is 0 Å². The maximum absolute atomic E-state index is 5.39. The minimum Gasteiger partial charge on any atom is -0.381 e. The van der Waals surface area contributed by atoms with Gasteiger partial charge in [0.2, 0.25) is 0 Å². The first-order valence-corrected chi connectivity index (χ1v) is 7.24. The smallest absolute Gasteiger partial charge is 0.0480 e. The summed E-state index contributed by atoms with van der Waals surface area (Å²) in [7, 11) is 2.27. The molecule has 0 amide bonds. The molecule has 1 heterocycles. The van der Waals surface area contributed by atoms with Crippen molar-refractivity contribution in [2.45, 2.75) is 38.6 Å². The first kappa shape index (κ1) is 13.5. The molecule has 0 bridgehead atoms. The number of ether oxygens (including phenoxy) is 1. The molecule has 0 N–H and O–H groups in total. The first-order valence-electron chi connectivity index (χ1n) is 6.11. The predicted octanol–water partition coefficient (Wildman–Crippen LogP) is 2.91. The van der Waals surface area contributed by atoms with Crippen LogP contribution in [0.25, 0.3) is 0 Å². The molecule has 1 aliphatic rings. The summed E-state index contributed by atoms with van der Waals surface area (Å²) < 4.78 is 5.39. The molecule has 0 saturated carbocycles. The molecular weight excluding hydrogens is 254 g/mol. The van der Waals surface area contributed by atoms with Crippen LogP contribution in [0.4, 0.5) is 0 Å². The molecule has 1 atom stereocenters. The quantitative estimate of drug-likeness (QED) is 0.693. The molecule has 0 radical (unpaired) electrons. The lowest BCUT2D eigenvalue weighted by Gasteiger charge is -2.33. The number of hydrogen-bond acceptors (Lipinski definition) is 2. The van der Waals surface area contributed by atoms with E-state index in [-0.39, 0.29) is 0 Å².